The molecule has 1 heterocycles. The number of benzene rings is 1. The number of likely N-dealkylation sites (tertiary alicyclic amines) is 1. The number of halogens is 2. The van der Waals surface area contributed by atoms with Crippen LogP contribution in [-0.2, 0) is 0 Å². The number of piperidine rings is 1. The van der Waals surface area contributed by atoms with Crippen molar-refractivity contribution in [3.63, 3.8) is 0 Å². The Morgan fingerprint density at radius 3 is 2.55 bits per heavy atom. The molecule has 2 N–H and O–H groups in total. The topological polar surface area (TPSA) is 32.5 Å². The second-order valence-electron chi connectivity index (χ2n) is 5.66. The summed E-state index contributed by atoms with van der Waals surface area (Å²) in [6.45, 7) is 2.48. The molecular formula is C15H23ClFN3. The molecule has 0 amide bonds. The fourth-order valence-electron chi connectivity index (χ4n) is 2.93. The summed E-state index contributed by atoms with van der Waals surface area (Å²) in [6.07, 6.45) is 2.25. The molecule has 3 nitrogen and oxygen atoms in total. The van der Waals surface area contributed by atoms with Crippen molar-refractivity contribution in [1.82, 2.24) is 9.80 Å². The molecular weight excluding hydrogens is 277 g/mol. The first-order valence-electron chi connectivity index (χ1n) is 7.08. The number of nitrogens with two attached hydrogens (primary N) is 1. The van der Waals surface area contributed by atoms with E-state index in [0.29, 0.717) is 12.6 Å². The maximum Gasteiger partial charge on any atom is 0.142 e. The van der Waals surface area contributed by atoms with Gasteiger partial charge in [-0.3, -0.25) is 4.90 Å². The van der Waals surface area contributed by atoms with E-state index >= 15 is 0 Å². The van der Waals surface area contributed by atoms with Gasteiger partial charge in [-0.25, -0.2) is 4.39 Å². The maximum atomic E-state index is 13.6. The molecule has 1 aromatic carbocycles. The third kappa shape index (κ3) is 3.50. The quantitative estimate of drug-likeness (QED) is 0.927. The summed E-state index contributed by atoms with van der Waals surface area (Å²) in [7, 11) is 4.24. The van der Waals surface area contributed by atoms with Gasteiger partial charge in [0.05, 0.1) is 5.02 Å². The van der Waals surface area contributed by atoms with E-state index in [1.165, 1.54) is 6.07 Å². The van der Waals surface area contributed by atoms with Crippen LogP contribution in [0.4, 0.5) is 4.39 Å². The molecule has 0 bridgehead atoms. The first kappa shape index (κ1) is 15.7. The van der Waals surface area contributed by atoms with Crippen LogP contribution in [0.25, 0.3) is 0 Å². The van der Waals surface area contributed by atoms with Crippen molar-refractivity contribution in [1.29, 1.82) is 0 Å². The third-order valence-electron chi connectivity index (χ3n) is 4.22. The highest BCUT2D eigenvalue weighted by Crippen LogP contribution is 2.27. The summed E-state index contributed by atoms with van der Waals surface area (Å²) in [5.74, 6) is -0.370. The van der Waals surface area contributed by atoms with Crippen LogP contribution >= 0.6 is 11.6 Å². The van der Waals surface area contributed by atoms with E-state index in [9.17, 15) is 4.39 Å². The Labute approximate surface area is 125 Å². The van der Waals surface area contributed by atoms with Gasteiger partial charge in [-0.2, -0.15) is 0 Å². The van der Waals surface area contributed by atoms with E-state index in [1.807, 2.05) is 6.07 Å². The fraction of sp³-hybridized carbons (Fsp3) is 0.600. The molecule has 2 rings (SSSR count). The molecule has 1 aromatic rings. The minimum absolute atomic E-state index is 0.0740. The monoisotopic (exact) mass is 299 g/mol. The van der Waals surface area contributed by atoms with Gasteiger partial charge in [0.25, 0.3) is 0 Å². The molecule has 1 saturated heterocycles. The second-order valence-corrected chi connectivity index (χ2v) is 6.06. The van der Waals surface area contributed by atoms with E-state index in [0.717, 1.165) is 31.5 Å². The van der Waals surface area contributed by atoms with Crippen LogP contribution < -0.4 is 5.73 Å². The lowest BCUT2D eigenvalue weighted by Gasteiger charge is -2.39. The van der Waals surface area contributed by atoms with Crippen molar-refractivity contribution in [2.45, 2.75) is 24.9 Å². The van der Waals surface area contributed by atoms with Gasteiger partial charge in [-0.15, -0.1) is 0 Å². The average molecular weight is 300 g/mol. The van der Waals surface area contributed by atoms with Crippen molar-refractivity contribution >= 4 is 11.6 Å². The predicted octanol–water partition coefficient (Wildman–Crippen LogP) is 2.50. The molecule has 1 fully saturated rings. The average Bonchev–Trinajstić information content (AvgIpc) is 2.44. The smallest absolute Gasteiger partial charge is 0.142 e. The Morgan fingerprint density at radius 2 is 2.05 bits per heavy atom. The van der Waals surface area contributed by atoms with Crippen LogP contribution in [0.3, 0.4) is 0 Å². The SMILES string of the molecule is CN(C)C1CCN(C(CN)c2ccc(Cl)c(F)c2)CC1. The Morgan fingerprint density at radius 1 is 1.40 bits per heavy atom. The van der Waals surface area contributed by atoms with E-state index in [1.54, 1.807) is 6.07 Å². The van der Waals surface area contributed by atoms with Crippen LogP contribution in [0, 0.1) is 5.82 Å². The Bertz CT molecular complexity index is 445. The standard InChI is InChI=1S/C15H23ClFN3/c1-19(2)12-5-7-20(8-6-12)15(10-18)11-3-4-13(16)14(17)9-11/h3-4,9,12,15H,5-8,10,18H2,1-2H3. The van der Waals surface area contributed by atoms with Gasteiger partial charge in [0.15, 0.2) is 0 Å². The van der Waals surface area contributed by atoms with E-state index in [2.05, 4.69) is 23.9 Å². The largest absolute Gasteiger partial charge is 0.329 e. The van der Waals surface area contributed by atoms with Gasteiger partial charge in [0, 0.05) is 31.7 Å². The number of hydrogen-bond donors (Lipinski definition) is 1. The van der Waals surface area contributed by atoms with E-state index < -0.39 is 0 Å². The summed E-state index contributed by atoms with van der Waals surface area (Å²) >= 11 is 5.74. The summed E-state index contributed by atoms with van der Waals surface area (Å²) in [5.41, 5.74) is 6.83. The van der Waals surface area contributed by atoms with Gasteiger partial charge in [0.2, 0.25) is 0 Å². The Kier molecular flexibility index (Phi) is 5.38. The van der Waals surface area contributed by atoms with Crippen molar-refractivity contribution in [3.8, 4) is 0 Å². The molecule has 1 atom stereocenters. The summed E-state index contributed by atoms with van der Waals surface area (Å²) in [4.78, 5) is 4.62. The highest BCUT2D eigenvalue weighted by atomic mass is 35.5. The summed E-state index contributed by atoms with van der Waals surface area (Å²) in [6, 6.07) is 5.71. The zero-order chi connectivity index (χ0) is 14.7. The molecule has 0 radical (unpaired) electrons. The van der Waals surface area contributed by atoms with E-state index in [-0.39, 0.29) is 16.9 Å². The molecule has 5 heteroatoms. The van der Waals surface area contributed by atoms with Crippen LogP contribution in [0.5, 0.6) is 0 Å². The molecule has 112 valence electrons. The zero-order valence-corrected chi connectivity index (χ0v) is 12.9. The van der Waals surface area contributed by atoms with Gasteiger partial charge >= 0.3 is 0 Å². The zero-order valence-electron chi connectivity index (χ0n) is 12.1. The number of rotatable bonds is 4. The first-order valence-corrected chi connectivity index (χ1v) is 7.46. The lowest BCUT2D eigenvalue weighted by Crippen LogP contribution is -2.45. The van der Waals surface area contributed by atoms with Crippen LogP contribution in [0.1, 0.15) is 24.4 Å². The molecule has 1 unspecified atom stereocenters. The summed E-state index contributed by atoms with van der Waals surface area (Å²) in [5, 5.41) is 0.163. The normalized spacial score (nSPS) is 19.5. The highest BCUT2D eigenvalue weighted by Gasteiger charge is 2.26. The minimum Gasteiger partial charge on any atom is -0.329 e. The molecule has 0 aliphatic carbocycles. The van der Waals surface area contributed by atoms with Gasteiger partial charge < -0.3 is 10.6 Å². The maximum absolute atomic E-state index is 13.6. The van der Waals surface area contributed by atoms with Gasteiger partial charge in [0.1, 0.15) is 5.82 Å². The lowest BCUT2D eigenvalue weighted by atomic mass is 9.98. The second kappa shape index (κ2) is 6.85. The van der Waals surface area contributed by atoms with Crippen LogP contribution in [-0.4, -0.2) is 49.6 Å². The Hall–Kier alpha value is -0.680. The van der Waals surface area contributed by atoms with E-state index in [4.69, 9.17) is 17.3 Å². The Balaban J connectivity index is 2.07. The van der Waals surface area contributed by atoms with Gasteiger partial charge in [-0.1, -0.05) is 17.7 Å². The van der Waals surface area contributed by atoms with Crippen molar-refractivity contribution in [2.24, 2.45) is 5.73 Å². The van der Waals surface area contributed by atoms with Crippen LogP contribution in [0.2, 0.25) is 5.02 Å². The van der Waals surface area contributed by atoms with Crippen LogP contribution in [0.15, 0.2) is 18.2 Å². The van der Waals surface area contributed by atoms with Crippen molar-refractivity contribution in [2.75, 3.05) is 33.7 Å². The molecule has 20 heavy (non-hydrogen) atoms. The lowest BCUT2D eigenvalue weighted by molar-refractivity contribution is 0.110. The number of hydrogen-bond acceptors (Lipinski definition) is 3. The molecule has 1 aliphatic rings. The highest BCUT2D eigenvalue weighted by molar-refractivity contribution is 6.30. The van der Waals surface area contributed by atoms with Gasteiger partial charge in [-0.05, 0) is 44.6 Å². The fourth-order valence-corrected chi connectivity index (χ4v) is 3.05. The summed E-state index contributed by atoms with van der Waals surface area (Å²) < 4.78 is 13.6. The predicted molar refractivity (Wildman–Crippen MR) is 81.5 cm³/mol. The molecule has 0 aromatic heterocycles. The first-order chi connectivity index (χ1) is 9.52. The van der Waals surface area contributed by atoms with Crippen molar-refractivity contribution in [3.05, 3.63) is 34.6 Å². The molecule has 0 saturated carbocycles. The number of nitrogens with zero attached hydrogens (tertiary/aromatic N) is 2. The minimum atomic E-state index is -0.370. The van der Waals surface area contributed by atoms with Crippen molar-refractivity contribution < 1.29 is 4.39 Å². The third-order valence-corrected chi connectivity index (χ3v) is 4.53. The molecule has 0 spiro atoms. The molecule has 1 aliphatic heterocycles.